The molecule has 1 heterocycles. The Labute approximate surface area is 131 Å². The maximum absolute atomic E-state index is 12.4. The molecule has 0 aliphatic heterocycles. The van der Waals surface area contributed by atoms with Gasteiger partial charge < -0.3 is 9.72 Å². The quantitative estimate of drug-likeness (QED) is 0.458. The summed E-state index contributed by atoms with van der Waals surface area (Å²) < 4.78 is 5.30. The molecule has 0 unspecified atom stereocenters. The first kappa shape index (κ1) is 14.7. The second-order valence-corrected chi connectivity index (χ2v) is 5.06. The summed E-state index contributed by atoms with van der Waals surface area (Å²) in [4.78, 5) is 37.9. The molecule has 0 aliphatic carbocycles. The van der Waals surface area contributed by atoms with Crippen molar-refractivity contribution in [3.63, 3.8) is 0 Å². The van der Waals surface area contributed by atoms with Gasteiger partial charge in [0.2, 0.25) is 5.56 Å². The molecule has 1 aromatic heterocycles. The number of rotatable bonds is 3. The van der Waals surface area contributed by atoms with Crippen LogP contribution in [0.5, 0.6) is 5.75 Å². The van der Waals surface area contributed by atoms with Crippen LogP contribution in [0, 0.1) is 0 Å². The monoisotopic (exact) mass is 307 g/mol. The van der Waals surface area contributed by atoms with Crippen LogP contribution in [0.2, 0.25) is 0 Å². The Kier molecular flexibility index (Phi) is 3.76. The van der Waals surface area contributed by atoms with Crippen molar-refractivity contribution in [3.8, 4) is 5.75 Å². The van der Waals surface area contributed by atoms with Crippen LogP contribution in [-0.2, 0) is 0 Å². The van der Waals surface area contributed by atoms with Gasteiger partial charge in [0.05, 0.1) is 5.56 Å². The highest BCUT2D eigenvalue weighted by Gasteiger charge is 2.14. The zero-order chi connectivity index (χ0) is 16.4. The molecule has 23 heavy (non-hydrogen) atoms. The molecule has 0 saturated heterocycles. The largest absolute Gasteiger partial charge is 0.423 e. The summed E-state index contributed by atoms with van der Waals surface area (Å²) in [6.07, 6.45) is 0. The van der Waals surface area contributed by atoms with Gasteiger partial charge in [0.15, 0.2) is 5.78 Å². The van der Waals surface area contributed by atoms with E-state index in [1.165, 1.54) is 13.0 Å². The van der Waals surface area contributed by atoms with Crippen LogP contribution >= 0.6 is 0 Å². The molecule has 0 bridgehead atoms. The lowest BCUT2D eigenvalue weighted by molar-refractivity contribution is 0.0736. The second-order valence-electron chi connectivity index (χ2n) is 5.06. The van der Waals surface area contributed by atoms with Crippen LogP contribution in [-0.4, -0.2) is 16.7 Å². The predicted molar refractivity (Wildman–Crippen MR) is 86.0 cm³/mol. The van der Waals surface area contributed by atoms with Gasteiger partial charge in [-0.3, -0.25) is 9.59 Å². The van der Waals surface area contributed by atoms with E-state index in [-0.39, 0.29) is 16.9 Å². The molecule has 5 heteroatoms. The third-order valence-electron chi connectivity index (χ3n) is 3.44. The number of ketones is 1. The van der Waals surface area contributed by atoms with E-state index in [1.54, 1.807) is 48.5 Å². The van der Waals surface area contributed by atoms with Crippen LogP contribution in [0.3, 0.4) is 0 Å². The van der Waals surface area contributed by atoms with E-state index in [1.807, 2.05) is 0 Å². The molecule has 0 atom stereocenters. The molecule has 0 fully saturated rings. The number of aromatic nitrogens is 1. The van der Waals surface area contributed by atoms with E-state index >= 15 is 0 Å². The van der Waals surface area contributed by atoms with Crippen LogP contribution in [0.15, 0.2) is 59.4 Å². The first-order chi connectivity index (χ1) is 11.0. The van der Waals surface area contributed by atoms with Gasteiger partial charge in [-0.1, -0.05) is 18.2 Å². The minimum atomic E-state index is -0.622. The van der Waals surface area contributed by atoms with E-state index < -0.39 is 5.97 Å². The van der Waals surface area contributed by atoms with Gasteiger partial charge in [0.25, 0.3) is 0 Å². The zero-order valence-electron chi connectivity index (χ0n) is 12.3. The van der Waals surface area contributed by atoms with Crippen LogP contribution in [0.25, 0.3) is 10.9 Å². The lowest BCUT2D eigenvalue weighted by atomic mass is 10.1. The van der Waals surface area contributed by atoms with Gasteiger partial charge in [0, 0.05) is 22.5 Å². The number of nitrogens with one attached hydrogen (secondary N) is 1. The first-order valence-electron chi connectivity index (χ1n) is 7.00. The molecule has 0 aliphatic rings. The summed E-state index contributed by atoms with van der Waals surface area (Å²) in [6, 6.07) is 14.5. The molecule has 2 aromatic carbocycles. The Hall–Kier alpha value is -3.21. The van der Waals surface area contributed by atoms with Gasteiger partial charge in [0.1, 0.15) is 5.75 Å². The van der Waals surface area contributed by atoms with Crippen molar-refractivity contribution in [2.75, 3.05) is 0 Å². The average molecular weight is 307 g/mol. The minimum absolute atomic E-state index is 0.0662. The molecule has 0 radical (unpaired) electrons. The zero-order valence-corrected chi connectivity index (χ0v) is 12.3. The number of hydrogen-bond donors (Lipinski definition) is 1. The number of pyridine rings is 1. The maximum Gasteiger partial charge on any atom is 0.344 e. The van der Waals surface area contributed by atoms with Crippen molar-refractivity contribution >= 4 is 22.7 Å². The normalized spacial score (nSPS) is 10.5. The molecule has 3 aromatic rings. The molecule has 0 saturated carbocycles. The van der Waals surface area contributed by atoms with Crippen LogP contribution < -0.4 is 10.3 Å². The Morgan fingerprint density at radius 3 is 2.39 bits per heavy atom. The number of Topliss-reactive ketones (excluding diaryl/α,β-unsaturated/α-hetero) is 1. The number of carbonyl (C=O) groups excluding carboxylic acids is 2. The van der Waals surface area contributed by atoms with Gasteiger partial charge in [-0.2, -0.15) is 0 Å². The van der Waals surface area contributed by atoms with E-state index in [0.717, 1.165) is 0 Å². The van der Waals surface area contributed by atoms with Gasteiger partial charge in [-0.15, -0.1) is 0 Å². The SMILES string of the molecule is CC(=O)c1ccc(OC(=O)c2cc(=O)[nH]c3ccccc23)cc1. The second kappa shape index (κ2) is 5.88. The number of carbonyl (C=O) groups is 2. The maximum atomic E-state index is 12.4. The minimum Gasteiger partial charge on any atom is -0.423 e. The third kappa shape index (κ3) is 3.03. The van der Waals surface area contributed by atoms with Crippen LogP contribution in [0.4, 0.5) is 0 Å². The Morgan fingerprint density at radius 2 is 1.70 bits per heavy atom. The summed E-state index contributed by atoms with van der Waals surface area (Å²) in [5.41, 5.74) is 0.924. The fourth-order valence-corrected chi connectivity index (χ4v) is 2.29. The summed E-state index contributed by atoms with van der Waals surface area (Å²) in [6.45, 7) is 1.46. The Morgan fingerprint density at radius 1 is 1.00 bits per heavy atom. The fraction of sp³-hybridized carbons (Fsp3) is 0.0556. The Balaban J connectivity index is 1.94. The standard InChI is InChI=1S/C18H13NO4/c1-11(20)12-6-8-13(9-7-12)23-18(22)15-10-17(21)19-16-5-3-2-4-14(15)16/h2-10H,1H3,(H,19,21). The molecule has 0 amide bonds. The highest BCUT2D eigenvalue weighted by molar-refractivity contribution is 6.04. The van der Waals surface area contributed by atoms with Crippen LogP contribution in [0.1, 0.15) is 27.6 Å². The highest BCUT2D eigenvalue weighted by atomic mass is 16.5. The predicted octanol–water partition coefficient (Wildman–Crippen LogP) is 2.95. The van der Waals surface area contributed by atoms with Crippen molar-refractivity contribution in [1.82, 2.24) is 4.98 Å². The number of H-pyrrole nitrogens is 1. The molecule has 1 N–H and O–H groups in total. The molecule has 3 rings (SSSR count). The Bertz CT molecular complexity index is 955. The summed E-state index contributed by atoms with van der Waals surface area (Å²) in [5.74, 6) is -0.379. The first-order valence-corrected chi connectivity index (χ1v) is 7.00. The number of ether oxygens (including phenoxy) is 1. The van der Waals surface area contributed by atoms with E-state index in [4.69, 9.17) is 4.74 Å². The average Bonchev–Trinajstić information content (AvgIpc) is 2.54. The topological polar surface area (TPSA) is 76.2 Å². The fourth-order valence-electron chi connectivity index (χ4n) is 2.29. The number of para-hydroxylation sites is 1. The lowest BCUT2D eigenvalue weighted by Crippen LogP contribution is -2.14. The molecular weight excluding hydrogens is 294 g/mol. The van der Waals surface area contributed by atoms with Crippen molar-refractivity contribution in [2.45, 2.75) is 6.92 Å². The smallest absolute Gasteiger partial charge is 0.344 e. The number of benzene rings is 2. The van der Waals surface area contributed by atoms with E-state index in [2.05, 4.69) is 4.98 Å². The molecule has 0 spiro atoms. The van der Waals surface area contributed by atoms with Gasteiger partial charge in [-0.05, 0) is 37.3 Å². The van der Waals surface area contributed by atoms with Crippen molar-refractivity contribution in [3.05, 3.63) is 76.1 Å². The molecular formula is C18H13NO4. The number of hydrogen-bond acceptors (Lipinski definition) is 4. The summed E-state index contributed by atoms with van der Waals surface area (Å²) in [5, 5.41) is 0.609. The summed E-state index contributed by atoms with van der Waals surface area (Å²) in [7, 11) is 0. The molecule has 5 nitrogen and oxygen atoms in total. The van der Waals surface area contributed by atoms with E-state index in [0.29, 0.717) is 22.2 Å². The summed E-state index contributed by atoms with van der Waals surface area (Å²) >= 11 is 0. The number of esters is 1. The third-order valence-corrected chi connectivity index (χ3v) is 3.44. The van der Waals surface area contributed by atoms with E-state index in [9.17, 15) is 14.4 Å². The van der Waals surface area contributed by atoms with Gasteiger partial charge >= 0.3 is 5.97 Å². The highest BCUT2D eigenvalue weighted by Crippen LogP contribution is 2.18. The number of fused-ring (bicyclic) bond motifs is 1. The van der Waals surface area contributed by atoms with Crippen molar-refractivity contribution < 1.29 is 14.3 Å². The van der Waals surface area contributed by atoms with Crippen molar-refractivity contribution in [1.29, 1.82) is 0 Å². The lowest BCUT2D eigenvalue weighted by Gasteiger charge is -2.07. The van der Waals surface area contributed by atoms with Crippen molar-refractivity contribution in [2.24, 2.45) is 0 Å². The molecule has 114 valence electrons. The van der Waals surface area contributed by atoms with Gasteiger partial charge in [-0.25, -0.2) is 4.79 Å². The number of aromatic amines is 1.